The van der Waals surface area contributed by atoms with Gasteiger partial charge in [0.2, 0.25) is 15.3 Å². The van der Waals surface area contributed by atoms with Crippen molar-refractivity contribution < 1.29 is 12.9 Å². The normalized spacial score (nSPS) is 11.4. The highest BCUT2D eigenvalue weighted by Crippen LogP contribution is 2.11. The number of anilines is 1. The van der Waals surface area contributed by atoms with Crippen LogP contribution in [0.2, 0.25) is 5.28 Å². The van der Waals surface area contributed by atoms with Gasteiger partial charge in [0, 0.05) is 12.3 Å². The third kappa shape index (κ3) is 3.41. The zero-order chi connectivity index (χ0) is 13.2. The van der Waals surface area contributed by atoms with Crippen LogP contribution in [0.25, 0.3) is 0 Å². The molecule has 1 N–H and O–H groups in total. The van der Waals surface area contributed by atoms with Crippen LogP contribution in [-0.2, 0) is 15.8 Å². The van der Waals surface area contributed by atoms with Crippen LogP contribution in [0.1, 0.15) is 11.5 Å². The second kappa shape index (κ2) is 4.91. The highest BCUT2D eigenvalue weighted by molar-refractivity contribution is 7.91. The minimum absolute atomic E-state index is 0.0347. The van der Waals surface area contributed by atoms with E-state index in [1.54, 1.807) is 13.0 Å². The van der Waals surface area contributed by atoms with E-state index in [2.05, 4.69) is 19.8 Å². The van der Waals surface area contributed by atoms with Crippen LogP contribution in [0.15, 0.2) is 22.9 Å². The fourth-order valence-corrected chi connectivity index (χ4v) is 2.45. The molecule has 18 heavy (non-hydrogen) atoms. The largest absolute Gasteiger partial charge is 0.361 e. The molecule has 2 aromatic heterocycles. The number of aryl methyl sites for hydroxylation is 1. The zero-order valence-electron chi connectivity index (χ0n) is 9.29. The Morgan fingerprint density at radius 1 is 1.50 bits per heavy atom. The summed E-state index contributed by atoms with van der Waals surface area (Å²) in [4.78, 5) is 7.37. The predicted molar refractivity (Wildman–Crippen MR) is 64.5 cm³/mol. The Bertz CT molecular complexity index is 655. The van der Waals surface area contributed by atoms with E-state index in [0.29, 0.717) is 11.5 Å². The van der Waals surface area contributed by atoms with Gasteiger partial charge in [-0.15, -0.1) is 0 Å². The highest BCUT2D eigenvalue weighted by Gasteiger charge is 2.15. The summed E-state index contributed by atoms with van der Waals surface area (Å²) in [5.41, 5.74) is 0.320. The molecule has 0 saturated carbocycles. The van der Waals surface area contributed by atoms with E-state index in [4.69, 9.17) is 16.1 Å². The van der Waals surface area contributed by atoms with Crippen LogP contribution < -0.4 is 4.72 Å². The first-order valence-corrected chi connectivity index (χ1v) is 6.89. The van der Waals surface area contributed by atoms with Crippen LogP contribution in [0.4, 0.5) is 5.82 Å². The van der Waals surface area contributed by atoms with Gasteiger partial charge in [0.15, 0.2) is 0 Å². The molecule has 2 rings (SSSR count). The summed E-state index contributed by atoms with van der Waals surface area (Å²) >= 11 is 5.55. The lowest BCUT2D eigenvalue weighted by Crippen LogP contribution is -2.16. The van der Waals surface area contributed by atoms with Crippen LogP contribution in [-0.4, -0.2) is 23.5 Å². The van der Waals surface area contributed by atoms with Crippen molar-refractivity contribution in [1.82, 2.24) is 15.1 Å². The first-order valence-electron chi connectivity index (χ1n) is 4.86. The van der Waals surface area contributed by atoms with Crippen molar-refractivity contribution in [3.63, 3.8) is 0 Å². The first kappa shape index (κ1) is 12.8. The summed E-state index contributed by atoms with van der Waals surface area (Å²) in [6, 6.07) is 2.95. The van der Waals surface area contributed by atoms with Gasteiger partial charge in [-0.05, 0) is 24.6 Å². The number of halogens is 1. The number of hydrogen-bond donors (Lipinski definition) is 1. The number of nitrogens with one attached hydrogen (secondary N) is 1. The predicted octanol–water partition coefficient (Wildman–Crippen LogP) is 1.37. The van der Waals surface area contributed by atoms with Crippen molar-refractivity contribution in [2.45, 2.75) is 12.7 Å². The van der Waals surface area contributed by atoms with E-state index in [0.717, 1.165) is 0 Å². The molecule has 2 aromatic rings. The molecule has 0 aromatic carbocycles. The summed E-state index contributed by atoms with van der Waals surface area (Å²) < 4.78 is 30.6. The maximum atomic E-state index is 11.8. The molecular formula is C9H9ClN4O3S. The van der Waals surface area contributed by atoms with Crippen molar-refractivity contribution in [1.29, 1.82) is 0 Å². The molecule has 7 nitrogen and oxygen atoms in total. The first-order chi connectivity index (χ1) is 8.44. The minimum atomic E-state index is -3.61. The number of rotatable bonds is 4. The van der Waals surface area contributed by atoms with Gasteiger partial charge in [-0.1, -0.05) is 5.16 Å². The smallest absolute Gasteiger partial charge is 0.239 e. The molecule has 0 bridgehead atoms. The summed E-state index contributed by atoms with van der Waals surface area (Å²) in [6.45, 7) is 1.68. The second-order valence-electron chi connectivity index (χ2n) is 3.50. The zero-order valence-corrected chi connectivity index (χ0v) is 10.9. The number of sulfonamides is 1. The highest BCUT2D eigenvalue weighted by atomic mass is 35.5. The maximum Gasteiger partial charge on any atom is 0.239 e. The molecule has 0 aliphatic rings. The Kier molecular flexibility index (Phi) is 3.48. The molecule has 0 radical (unpaired) electrons. The molecule has 0 atom stereocenters. The average molecular weight is 289 g/mol. The van der Waals surface area contributed by atoms with E-state index >= 15 is 0 Å². The SMILES string of the molecule is Cc1cc(CS(=O)(=O)Nc2ccnc(Cl)n2)no1. The average Bonchev–Trinajstić information content (AvgIpc) is 2.62. The van der Waals surface area contributed by atoms with Gasteiger partial charge in [-0.3, -0.25) is 4.72 Å². The van der Waals surface area contributed by atoms with E-state index in [1.807, 2.05) is 0 Å². The van der Waals surface area contributed by atoms with Crippen molar-refractivity contribution in [3.05, 3.63) is 35.1 Å². The van der Waals surface area contributed by atoms with Crippen LogP contribution in [0.3, 0.4) is 0 Å². The molecule has 0 aliphatic heterocycles. The van der Waals surface area contributed by atoms with E-state index in [1.165, 1.54) is 12.3 Å². The van der Waals surface area contributed by atoms with Crippen molar-refractivity contribution in [2.24, 2.45) is 0 Å². The number of hydrogen-bond acceptors (Lipinski definition) is 6. The van der Waals surface area contributed by atoms with Crippen LogP contribution in [0, 0.1) is 6.92 Å². The van der Waals surface area contributed by atoms with Crippen LogP contribution >= 0.6 is 11.6 Å². The van der Waals surface area contributed by atoms with Gasteiger partial charge in [0.25, 0.3) is 0 Å². The third-order valence-corrected chi connectivity index (χ3v) is 3.28. The third-order valence-electron chi connectivity index (χ3n) is 1.90. The van der Waals surface area contributed by atoms with Crippen LogP contribution in [0.5, 0.6) is 0 Å². The van der Waals surface area contributed by atoms with Crippen molar-refractivity contribution in [2.75, 3.05) is 4.72 Å². The Balaban J connectivity index is 2.12. The molecule has 96 valence electrons. The minimum Gasteiger partial charge on any atom is -0.361 e. The molecule has 0 fully saturated rings. The van der Waals surface area contributed by atoms with Crippen molar-refractivity contribution in [3.8, 4) is 0 Å². The van der Waals surface area contributed by atoms with E-state index in [-0.39, 0.29) is 16.9 Å². The Morgan fingerprint density at radius 3 is 2.89 bits per heavy atom. The fraction of sp³-hybridized carbons (Fsp3) is 0.222. The monoisotopic (exact) mass is 288 g/mol. The lowest BCUT2D eigenvalue weighted by atomic mass is 10.4. The van der Waals surface area contributed by atoms with Gasteiger partial charge >= 0.3 is 0 Å². The number of aromatic nitrogens is 3. The summed E-state index contributed by atoms with van der Waals surface area (Å²) in [6.07, 6.45) is 1.35. The van der Waals surface area contributed by atoms with Gasteiger partial charge in [0.05, 0.1) is 0 Å². The molecule has 2 heterocycles. The molecule has 0 aliphatic carbocycles. The topological polar surface area (TPSA) is 98.0 Å². The van der Waals surface area contributed by atoms with Gasteiger partial charge in [-0.25, -0.2) is 13.4 Å². The Hall–Kier alpha value is -1.67. The van der Waals surface area contributed by atoms with Gasteiger partial charge in [-0.2, -0.15) is 4.98 Å². The molecule has 0 amide bonds. The number of nitrogens with zero attached hydrogens (tertiary/aromatic N) is 3. The lowest BCUT2D eigenvalue weighted by Gasteiger charge is -2.04. The Labute approximate surface area is 108 Å². The standard InChI is InChI=1S/C9H9ClN4O3S/c1-6-4-7(13-17-6)5-18(15,16)14-8-2-3-11-9(10)12-8/h2-4H,5H2,1H3,(H,11,12,14). The lowest BCUT2D eigenvalue weighted by molar-refractivity contribution is 0.392. The molecular weight excluding hydrogens is 280 g/mol. The molecule has 0 spiro atoms. The summed E-state index contributed by atoms with van der Waals surface area (Å²) in [7, 11) is -3.61. The van der Waals surface area contributed by atoms with E-state index < -0.39 is 10.0 Å². The summed E-state index contributed by atoms with van der Waals surface area (Å²) in [5.74, 6) is 0.354. The molecule has 9 heteroatoms. The fourth-order valence-electron chi connectivity index (χ4n) is 1.27. The molecule has 0 unspecified atom stereocenters. The van der Waals surface area contributed by atoms with Crippen molar-refractivity contribution >= 4 is 27.4 Å². The molecule has 0 saturated heterocycles. The van der Waals surface area contributed by atoms with E-state index in [9.17, 15) is 8.42 Å². The maximum absolute atomic E-state index is 11.8. The van der Waals surface area contributed by atoms with Gasteiger partial charge in [0.1, 0.15) is 23.0 Å². The quantitative estimate of drug-likeness (QED) is 0.853. The Morgan fingerprint density at radius 2 is 2.28 bits per heavy atom. The summed E-state index contributed by atoms with van der Waals surface area (Å²) in [5, 5.41) is 3.57. The van der Waals surface area contributed by atoms with Gasteiger partial charge < -0.3 is 4.52 Å². The second-order valence-corrected chi connectivity index (χ2v) is 5.56.